The molecule has 0 aliphatic rings. The first kappa shape index (κ1) is 29.5. The number of hydrogen-bond acceptors (Lipinski definition) is 6. The van der Waals surface area contributed by atoms with Gasteiger partial charge in [-0.05, 0) is 19.3 Å². The summed E-state index contributed by atoms with van der Waals surface area (Å²) in [5, 5.41) is 41.8. The van der Waals surface area contributed by atoms with Gasteiger partial charge in [-0.3, -0.25) is 5.32 Å². The first-order chi connectivity index (χ1) is 14.5. The molecule has 0 saturated heterocycles. The van der Waals surface area contributed by atoms with Crippen LogP contribution in [0.4, 0.5) is 0 Å². The summed E-state index contributed by atoms with van der Waals surface area (Å²) in [4.78, 5) is 0. The zero-order valence-electron chi connectivity index (χ0n) is 19.3. The third-order valence-corrected chi connectivity index (χ3v) is 5.43. The Morgan fingerprint density at radius 1 is 0.833 bits per heavy atom. The molecule has 6 heteroatoms. The summed E-state index contributed by atoms with van der Waals surface area (Å²) < 4.78 is 5.16. The van der Waals surface area contributed by atoms with E-state index in [4.69, 9.17) is 4.74 Å². The van der Waals surface area contributed by atoms with E-state index in [1.165, 1.54) is 70.6 Å². The second-order valence-electron chi connectivity index (χ2n) is 8.40. The van der Waals surface area contributed by atoms with E-state index in [0.717, 1.165) is 12.8 Å². The summed E-state index contributed by atoms with van der Waals surface area (Å²) in [5.41, 5.74) is 0. The Labute approximate surface area is 184 Å². The van der Waals surface area contributed by atoms with Gasteiger partial charge in [0.15, 0.2) is 6.29 Å². The van der Waals surface area contributed by atoms with Crippen molar-refractivity contribution < 1.29 is 25.2 Å². The van der Waals surface area contributed by atoms with Gasteiger partial charge in [0, 0.05) is 0 Å². The second-order valence-corrected chi connectivity index (χ2v) is 8.40. The normalized spacial score (nSPS) is 15.6. The molecule has 0 bridgehead atoms. The molecule has 4 unspecified atom stereocenters. The van der Waals surface area contributed by atoms with Gasteiger partial charge in [0.25, 0.3) is 0 Å². The van der Waals surface area contributed by atoms with E-state index in [1.54, 1.807) is 6.08 Å². The van der Waals surface area contributed by atoms with E-state index in [-0.39, 0.29) is 13.2 Å². The highest BCUT2D eigenvalue weighted by Crippen LogP contribution is 2.13. The van der Waals surface area contributed by atoms with Gasteiger partial charge >= 0.3 is 0 Å². The molecule has 0 heterocycles. The third kappa shape index (κ3) is 18.3. The van der Waals surface area contributed by atoms with Gasteiger partial charge < -0.3 is 25.2 Å². The van der Waals surface area contributed by atoms with E-state index in [2.05, 4.69) is 18.8 Å². The van der Waals surface area contributed by atoms with E-state index < -0.39 is 24.7 Å². The van der Waals surface area contributed by atoms with Gasteiger partial charge in [-0.2, -0.15) is 0 Å². The molecule has 0 spiro atoms. The van der Waals surface area contributed by atoms with Crippen LogP contribution in [0.1, 0.15) is 103 Å². The van der Waals surface area contributed by atoms with E-state index >= 15 is 0 Å². The largest absolute Gasteiger partial charge is 0.395 e. The summed E-state index contributed by atoms with van der Waals surface area (Å²) in [7, 11) is 0. The zero-order valence-corrected chi connectivity index (χ0v) is 19.3. The maximum absolute atomic E-state index is 10.1. The predicted octanol–water partition coefficient (Wildman–Crippen LogP) is 4.01. The lowest BCUT2D eigenvalue weighted by Crippen LogP contribution is -2.49. The molecule has 0 aliphatic heterocycles. The highest BCUT2D eigenvalue weighted by Gasteiger charge is 2.22. The van der Waals surface area contributed by atoms with Crippen molar-refractivity contribution in [3.63, 3.8) is 0 Å². The number of nitrogens with one attached hydrogen (secondary N) is 1. The second kappa shape index (κ2) is 21.7. The maximum Gasteiger partial charge on any atom is 0.172 e. The SMILES string of the molecule is C=CCC(O)COC(O)C(CO)NC(O)CCCCCCCCCCCCCCC. The summed E-state index contributed by atoms with van der Waals surface area (Å²) in [6, 6.07) is -0.794. The summed E-state index contributed by atoms with van der Waals surface area (Å²) in [6.45, 7) is 5.36. The maximum atomic E-state index is 10.1. The van der Waals surface area contributed by atoms with Crippen molar-refractivity contribution >= 4 is 0 Å². The van der Waals surface area contributed by atoms with E-state index in [0.29, 0.717) is 12.8 Å². The van der Waals surface area contributed by atoms with Crippen LogP contribution in [-0.4, -0.2) is 58.3 Å². The van der Waals surface area contributed by atoms with Crippen molar-refractivity contribution in [1.82, 2.24) is 5.32 Å². The molecule has 0 amide bonds. The standard InChI is InChI=1S/C24H49NO5/c1-3-5-6-7-8-9-10-11-12-13-14-15-16-18-23(28)25-22(19-26)24(29)30-20-21(27)17-4-2/h4,21-29H,2-3,5-20H2,1H3. The Hall–Kier alpha value is -0.500. The minimum Gasteiger partial charge on any atom is -0.395 e. The number of ether oxygens (including phenoxy) is 1. The average Bonchev–Trinajstić information content (AvgIpc) is 2.73. The number of unbranched alkanes of at least 4 members (excludes halogenated alkanes) is 12. The molecule has 0 aromatic carbocycles. The summed E-state index contributed by atoms with van der Waals surface area (Å²) >= 11 is 0. The Bertz CT molecular complexity index is 370. The van der Waals surface area contributed by atoms with Crippen molar-refractivity contribution in [2.45, 2.75) is 128 Å². The first-order valence-corrected chi connectivity index (χ1v) is 12.2. The lowest BCUT2D eigenvalue weighted by atomic mass is 10.0. The smallest absolute Gasteiger partial charge is 0.172 e. The molecule has 0 rings (SSSR count). The van der Waals surface area contributed by atoms with Crippen LogP contribution in [0.25, 0.3) is 0 Å². The van der Waals surface area contributed by atoms with Crippen LogP contribution in [0.5, 0.6) is 0 Å². The highest BCUT2D eigenvalue weighted by atomic mass is 16.6. The Morgan fingerprint density at radius 2 is 1.33 bits per heavy atom. The quantitative estimate of drug-likeness (QED) is 0.0952. The molecule has 0 aromatic rings. The Kier molecular flexibility index (Phi) is 21.4. The monoisotopic (exact) mass is 431 g/mol. The third-order valence-electron chi connectivity index (χ3n) is 5.43. The molecule has 0 aliphatic carbocycles. The lowest BCUT2D eigenvalue weighted by Gasteiger charge is -2.26. The Balaban J connectivity index is 3.61. The van der Waals surface area contributed by atoms with E-state index in [1.807, 2.05) is 0 Å². The number of aliphatic hydroxyl groups excluding tert-OH is 4. The number of hydrogen-bond donors (Lipinski definition) is 5. The molecule has 0 fully saturated rings. The number of aliphatic hydroxyl groups is 4. The minimum atomic E-state index is -1.30. The van der Waals surface area contributed by atoms with Crippen LogP contribution in [0.3, 0.4) is 0 Å². The topological polar surface area (TPSA) is 102 Å². The van der Waals surface area contributed by atoms with Gasteiger partial charge in [0.05, 0.1) is 25.4 Å². The van der Waals surface area contributed by atoms with Crippen molar-refractivity contribution in [3.05, 3.63) is 12.7 Å². The van der Waals surface area contributed by atoms with Crippen LogP contribution in [0.15, 0.2) is 12.7 Å². The molecule has 180 valence electrons. The fourth-order valence-corrected chi connectivity index (χ4v) is 3.50. The predicted molar refractivity (Wildman–Crippen MR) is 123 cm³/mol. The fraction of sp³-hybridized carbons (Fsp3) is 0.917. The zero-order chi connectivity index (χ0) is 22.5. The average molecular weight is 432 g/mol. The summed E-state index contributed by atoms with van der Waals surface area (Å²) in [6.07, 6.45) is 16.3. The van der Waals surface area contributed by atoms with Gasteiger partial charge in [-0.1, -0.05) is 90.0 Å². The highest BCUT2D eigenvalue weighted by molar-refractivity contribution is 4.74. The van der Waals surface area contributed by atoms with Crippen molar-refractivity contribution in [2.75, 3.05) is 13.2 Å². The van der Waals surface area contributed by atoms with Crippen molar-refractivity contribution in [2.24, 2.45) is 0 Å². The summed E-state index contributed by atoms with van der Waals surface area (Å²) in [5.74, 6) is 0. The van der Waals surface area contributed by atoms with Crippen molar-refractivity contribution in [3.8, 4) is 0 Å². The molecule has 0 radical (unpaired) electrons. The van der Waals surface area contributed by atoms with Crippen molar-refractivity contribution in [1.29, 1.82) is 0 Å². The molecule has 5 N–H and O–H groups in total. The minimum absolute atomic E-state index is 0.0552. The molecular formula is C24H49NO5. The lowest BCUT2D eigenvalue weighted by molar-refractivity contribution is -0.150. The van der Waals surface area contributed by atoms with Gasteiger partial charge in [0.1, 0.15) is 6.23 Å². The van der Waals surface area contributed by atoms with Gasteiger partial charge in [0.2, 0.25) is 0 Å². The van der Waals surface area contributed by atoms with Gasteiger partial charge in [-0.15, -0.1) is 6.58 Å². The van der Waals surface area contributed by atoms with Crippen LogP contribution in [0.2, 0.25) is 0 Å². The van der Waals surface area contributed by atoms with Crippen LogP contribution < -0.4 is 5.32 Å². The molecule has 0 saturated carbocycles. The fourth-order valence-electron chi connectivity index (χ4n) is 3.50. The first-order valence-electron chi connectivity index (χ1n) is 12.2. The van der Waals surface area contributed by atoms with Gasteiger partial charge in [-0.25, -0.2) is 0 Å². The molecular weight excluding hydrogens is 382 g/mol. The van der Waals surface area contributed by atoms with E-state index in [9.17, 15) is 20.4 Å². The van der Waals surface area contributed by atoms with Crippen LogP contribution in [0, 0.1) is 0 Å². The van der Waals surface area contributed by atoms with Crippen LogP contribution >= 0.6 is 0 Å². The van der Waals surface area contributed by atoms with Crippen LogP contribution in [-0.2, 0) is 4.74 Å². The Morgan fingerprint density at radius 3 is 1.80 bits per heavy atom. The molecule has 0 aromatic heterocycles. The molecule has 6 nitrogen and oxygen atoms in total. The molecule has 4 atom stereocenters. The number of rotatable bonds is 23. The molecule has 30 heavy (non-hydrogen) atoms.